The molecule has 0 saturated carbocycles. The summed E-state index contributed by atoms with van der Waals surface area (Å²) in [5.41, 5.74) is 4.70. The van der Waals surface area contributed by atoms with Crippen molar-refractivity contribution in [1.29, 1.82) is 0 Å². The number of rotatable bonds is 3. The van der Waals surface area contributed by atoms with Crippen LogP contribution >= 0.6 is 11.3 Å². The first-order valence-corrected chi connectivity index (χ1v) is 6.63. The van der Waals surface area contributed by atoms with Crippen molar-refractivity contribution < 1.29 is 9.90 Å². The molecule has 0 aliphatic carbocycles. The number of benzene rings is 1. The lowest BCUT2D eigenvalue weighted by molar-refractivity contribution is -0.138. The molecule has 1 N–H and O–H groups in total. The Labute approximate surface area is 109 Å². The molecular weight excluding hydrogens is 248 g/mol. The Hall–Kier alpha value is -1.88. The van der Waals surface area contributed by atoms with Crippen LogP contribution < -0.4 is 4.90 Å². The zero-order valence-electron chi connectivity index (χ0n) is 9.61. The molecule has 1 aromatic heterocycles. The highest BCUT2D eigenvalue weighted by molar-refractivity contribution is 7.07. The molecule has 18 heavy (non-hydrogen) atoms. The first-order valence-electron chi connectivity index (χ1n) is 5.69. The fraction of sp³-hybridized carbons (Fsp3) is 0.231. The molecule has 0 fully saturated rings. The van der Waals surface area contributed by atoms with Gasteiger partial charge in [0.2, 0.25) is 0 Å². The zero-order valence-corrected chi connectivity index (χ0v) is 10.4. The highest BCUT2D eigenvalue weighted by Crippen LogP contribution is 2.36. The quantitative estimate of drug-likeness (QED) is 0.920. The summed E-state index contributed by atoms with van der Waals surface area (Å²) < 4.78 is 0. The van der Waals surface area contributed by atoms with E-state index in [0.717, 1.165) is 16.9 Å². The van der Waals surface area contributed by atoms with Crippen LogP contribution in [-0.2, 0) is 11.3 Å². The number of carboxylic acids is 1. The van der Waals surface area contributed by atoms with E-state index in [1.165, 1.54) is 0 Å². The van der Waals surface area contributed by atoms with Crippen LogP contribution in [0, 0.1) is 0 Å². The molecule has 1 aromatic carbocycles. The number of hydrogen-bond acceptors (Lipinski definition) is 4. The summed E-state index contributed by atoms with van der Waals surface area (Å²) in [6, 6.07) is 7.71. The van der Waals surface area contributed by atoms with Crippen LogP contribution in [-0.4, -0.2) is 22.6 Å². The average molecular weight is 260 g/mol. The maximum absolute atomic E-state index is 11.3. The number of aliphatic carboxylic acids is 1. The molecule has 1 aliphatic heterocycles. The van der Waals surface area contributed by atoms with E-state index in [-0.39, 0.29) is 0 Å². The summed E-state index contributed by atoms with van der Waals surface area (Å²) >= 11 is 1.56. The first-order chi connectivity index (χ1) is 8.75. The van der Waals surface area contributed by atoms with Crippen LogP contribution in [0.25, 0.3) is 0 Å². The third kappa shape index (κ3) is 1.86. The largest absolute Gasteiger partial charge is 0.481 e. The van der Waals surface area contributed by atoms with Gasteiger partial charge in [-0.3, -0.25) is 4.79 Å². The smallest absolute Gasteiger partial charge is 0.312 e. The van der Waals surface area contributed by atoms with E-state index in [1.807, 2.05) is 29.6 Å². The van der Waals surface area contributed by atoms with Crippen molar-refractivity contribution in [2.75, 3.05) is 11.4 Å². The maximum Gasteiger partial charge on any atom is 0.312 e. The minimum Gasteiger partial charge on any atom is -0.481 e. The van der Waals surface area contributed by atoms with E-state index < -0.39 is 11.9 Å². The minimum atomic E-state index is -0.761. The van der Waals surface area contributed by atoms with E-state index in [9.17, 15) is 9.90 Å². The van der Waals surface area contributed by atoms with E-state index in [1.54, 1.807) is 16.8 Å². The lowest BCUT2D eigenvalue weighted by Crippen LogP contribution is -2.24. The molecule has 1 aliphatic rings. The predicted molar refractivity (Wildman–Crippen MR) is 70.0 cm³/mol. The van der Waals surface area contributed by atoms with Crippen molar-refractivity contribution in [3.63, 3.8) is 0 Å². The Bertz CT molecular complexity index is 568. The van der Waals surface area contributed by atoms with Crippen LogP contribution in [0.4, 0.5) is 5.69 Å². The Kier molecular flexibility index (Phi) is 2.76. The van der Waals surface area contributed by atoms with Crippen LogP contribution in [0.1, 0.15) is 17.2 Å². The van der Waals surface area contributed by atoms with E-state index >= 15 is 0 Å². The number of aromatic nitrogens is 1. The van der Waals surface area contributed by atoms with Gasteiger partial charge in [0.25, 0.3) is 0 Å². The maximum atomic E-state index is 11.3. The van der Waals surface area contributed by atoms with Crippen LogP contribution in [0.2, 0.25) is 0 Å². The second kappa shape index (κ2) is 4.42. The van der Waals surface area contributed by atoms with Crippen molar-refractivity contribution >= 4 is 23.0 Å². The highest BCUT2D eigenvalue weighted by atomic mass is 32.1. The molecule has 2 heterocycles. The van der Waals surface area contributed by atoms with Gasteiger partial charge in [0.15, 0.2) is 0 Å². The van der Waals surface area contributed by atoms with Gasteiger partial charge in [0.1, 0.15) is 5.92 Å². The summed E-state index contributed by atoms with van der Waals surface area (Å²) in [4.78, 5) is 17.6. The van der Waals surface area contributed by atoms with Gasteiger partial charge < -0.3 is 10.0 Å². The van der Waals surface area contributed by atoms with Gasteiger partial charge in [-0.1, -0.05) is 18.2 Å². The lowest BCUT2D eigenvalue weighted by atomic mass is 10.0. The van der Waals surface area contributed by atoms with Crippen molar-refractivity contribution in [3.8, 4) is 0 Å². The summed E-state index contributed by atoms with van der Waals surface area (Å²) in [5, 5.41) is 11.3. The average Bonchev–Trinajstić information content (AvgIpc) is 2.98. The number of carboxylic acid groups (broad SMARTS) is 1. The SMILES string of the molecule is O=C(O)C1CN(Cc2cscn2)c2ccccc21. The van der Waals surface area contributed by atoms with Gasteiger partial charge in [-0.15, -0.1) is 11.3 Å². The van der Waals surface area contributed by atoms with Crippen LogP contribution in [0.15, 0.2) is 35.2 Å². The molecule has 0 radical (unpaired) electrons. The van der Waals surface area contributed by atoms with Crippen molar-refractivity contribution in [3.05, 3.63) is 46.4 Å². The third-order valence-corrected chi connectivity index (χ3v) is 3.83. The summed E-state index contributed by atoms with van der Waals surface area (Å²) in [7, 11) is 0. The van der Waals surface area contributed by atoms with E-state index in [2.05, 4.69) is 9.88 Å². The van der Waals surface area contributed by atoms with Crippen LogP contribution in [0.3, 0.4) is 0 Å². The minimum absolute atomic E-state index is 0.431. The lowest BCUT2D eigenvalue weighted by Gasteiger charge is -2.18. The Morgan fingerprint density at radius 3 is 3.06 bits per heavy atom. The predicted octanol–water partition coefficient (Wildman–Crippen LogP) is 2.33. The molecule has 1 unspecified atom stereocenters. The molecule has 0 amide bonds. The molecule has 0 bridgehead atoms. The monoisotopic (exact) mass is 260 g/mol. The van der Waals surface area contributed by atoms with Gasteiger partial charge in [-0.05, 0) is 11.6 Å². The topological polar surface area (TPSA) is 53.4 Å². The van der Waals surface area contributed by atoms with Crippen molar-refractivity contribution in [2.24, 2.45) is 0 Å². The fourth-order valence-electron chi connectivity index (χ4n) is 2.36. The normalized spacial score (nSPS) is 17.8. The highest BCUT2D eigenvalue weighted by Gasteiger charge is 2.33. The number of hydrogen-bond donors (Lipinski definition) is 1. The summed E-state index contributed by atoms with van der Waals surface area (Å²) in [5.74, 6) is -1.19. The number of nitrogens with zero attached hydrogens (tertiary/aromatic N) is 2. The van der Waals surface area contributed by atoms with Gasteiger partial charge in [0, 0.05) is 17.6 Å². The van der Waals surface area contributed by atoms with Gasteiger partial charge in [0.05, 0.1) is 17.7 Å². The zero-order chi connectivity index (χ0) is 12.5. The number of para-hydroxylation sites is 1. The van der Waals surface area contributed by atoms with E-state index in [4.69, 9.17) is 0 Å². The van der Waals surface area contributed by atoms with Crippen molar-refractivity contribution in [2.45, 2.75) is 12.5 Å². The molecule has 2 aromatic rings. The molecular formula is C13H12N2O2S. The standard InChI is InChI=1S/C13H12N2O2S/c16-13(17)11-6-15(5-9-7-18-8-14-9)12-4-2-1-3-10(11)12/h1-4,7-8,11H,5-6H2,(H,16,17). The second-order valence-electron chi connectivity index (χ2n) is 4.31. The summed E-state index contributed by atoms with van der Waals surface area (Å²) in [6.07, 6.45) is 0. The Morgan fingerprint density at radius 1 is 1.50 bits per heavy atom. The number of carbonyl (C=O) groups is 1. The van der Waals surface area contributed by atoms with E-state index in [0.29, 0.717) is 13.1 Å². The van der Waals surface area contributed by atoms with Crippen molar-refractivity contribution in [1.82, 2.24) is 4.98 Å². The van der Waals surface area contributed by atoms with Gasteiger partial charge in [-0.2, -0.15) is 0 Å². The Morgan fingerprint density at radius 2 is 2.33 bits per heavy atom. The first kappa shape index (κ1) is 11.2. The van der Waals surface area contributed by atoms with Crippen LogP contribution in [0.5, 0.6) is 0 Å². The molecule has 0 spiro atoms. The molecule has 4 nitrogen and oxygen atoms in total. The molecule has 3 rings (SSSR count). The van der Waals surface area contributed by atoms with Gasteiger partial charge in [-0.25, -0.2) is 4.98 Å². The molecule has 92 valence electrons. The Balaban J connectivity index is 1.92. The fourth-order valence-corrected chi connectivity index (χ4v) is 2.91. The number of thiazole rings is 1. The molecule has 0 saturated heterocycles. The molecule has 5 heteroatoms. The molecule has 1 atom stereocenters. The summed E-state index contributed by atoms with van der Waals surface area (Å²) in [6.45, 7) is 1.19. The third-order valence-electron chi connectivity index (χ3n) is 3.19. The number of anilines is 1. The number of fused-ring (bicyclic) bond motifs is 1. The van der Waals surface area contributed by atoms with Gasteiger partial charge >= 0.3 is 5.97 Å². The second-order valence-corrected chi connectivity index (χ2v) is 5.03.